The number of carbonyl (C=O) groups excluding carboxylic acids is 2. The highest BCUT2D eigenvalue weighted by atomic mass is 32.1. The third kappa shape index (κ3) is 2.53. The van der Waals surface area contributed by atoms with E-state index in [0.717, 1.165) is 9.88 Å². The van der Waals surface area contributed by atoms with Crippen LogP contribution in [-0.2, 0) is 4.79 Å². The molecular weight excluding hydrogens is 202 g/mol. The monoisotopic (exact) mass is 213 g/mol. The molecule has 0 atom stereocenters. The smallest absolute Gasteiger partial charge is 0.271 e. The molecule has 0 radical (unpaired) electrons. The predicted molar refractivity (Wildman–Crippen MR) is 53.1 cm³/mol. The lowest BCUT2D eigenvalue weighted by atomic mass is 10.3. The van der Waals surface area contributed by atoms with Gasteiger partial charge in [-0.1, -0.05) is 0 Å². The molecule has 2 amide bonds. The zero-order valence-electron chi connectivity index (χ0n) is 7.96. The number of amides is 2. The molecule has 14 heavy (non-hydrogen) atoms. The summed E-state index contributed by atoms with van der Waals surface area (Å²) in [6, 6.07) is 0. The molecule has 0 aromatic carbocycles. The zero-order chi connectivity index (χ0) is 10.7. The highest BCUT2D eigenvalue weighted by molar-refractivity contribution is 7.11. The molecule has 1 heterocycles. The topological polar surface area (TPSA) is 85.1 Å². The van der Waals surface area contributed by atoms with Gasteiger partial charge in [0.1, 0.15) is 5.69 Å². The SMILES string of the molecule is Cc1nc(C(=O)NCC(N)=O)c(C)s1. The van der Waals surface area contributed by atoms with Gasteiger partial charge in [0.15, 0.2) is 0 Å². The Kier molecular flexibility index (Phi) is 3.19. The first-order valence-electron chi connectivity index (χ1n) is 4.01. The minimum Gasteiger partial charge on any atom is -0.368 e. The minimum absolute atomic E-state index is 0.158. The Morgan fingerprint density at radius 2 is 2.14 bits per heavy atom. The number of nitrogens with one attached hydrogen (secondary N) is 1. The Labute approximate surface area is 85.3 Å². The average Bonchev–Trinajstić information content (AvgIpc) is 2.41. The molecule has 76 valence electrons. The summed E-state index contributed by atoms with van der Waals surface area (Å²) in [5, 5.41) is 3.21. The van der Waals surface area contributed by atoms with E-state index in [-0.39, 0.29) is 12.5 Å². The van der Waals surface area contributed by atoms with Crippen LogP contribution in [0.3, 0.4) is 0 Å². The van der Waals surface area contributed by atoms with Gasteiger partial charge in [0.25, 0.3) is 5.91 Å². The van der Waals surface area contributed by atoms with Gasteiger partial charge in [0, 0.05) is 4.88 Å². The summed E-state index contributed by atoms with van der Waals surface area (Å²) in [6.07, 6.45) is 0. The van der Waals surface area contributed by atoms with E-state index in [4.69, 9.17) is 5.73 Å². The molecular formula is C8H11N3O2S. The van der Waals surface area contributed by atoms with Crippen LogP contribution in [0.1, 0.15) is 20.4 Å². The van der Waals surface area contributed by atoms with Crippen molar-refractivity contribution >= 4 is 23.2 Å². The van der Waals surface area contributed by atoms with E-state index >= 15 is 0 Å². The fourth-order valence-corrected chi connectivity index (χ4v) is 1.81. The molecule has 0 unspecified atom stereocenters. The first-order valence-corrected chi connectivity index (χ1v) is 4.83. The fourth-order valence-electron chi connectivity index (χ4n) is 0.991. The van der Waals surface area contributed by atoms with E-state index in [1.165, 1.54) is 11.3 Å². The van der Waals surface area contributed by atoms with Crippen molar-refractivity contribution in [2.24, 2.45) is 5.73 Å². The van der Waals surface area contributed by atoms with Gasteiger partial charge in [-0.15, -0.1) is 11.3 Å². The molecule has 1 aromatic rings. The van der Waals surface area contributed by atoms with Gasteiger partial charge in [0.2, 0.25) is 5.91 Å². The van der Waals surface area contributed by atoms with E-state index in [2.05, 4.69) is 10.3 Å². The number of nitrogens with two attached hydrogens (primary N) is 1. The van der Waals surface area contributed by atoms with Gasteiger partial charge in [0.05, 0.1) is 11.6 Å². The number of hydrogen-bond acceptors (Lipinski definition) is 4. The second-order valence-electron chi connectivity index (χ2n) is 2.79. The first-order chi connectivity index (χ1) is 6.50. The maximum atomic E-state index is 11.4. The third-order valence-electron chi connectivity index (χ3n) is 1.54. The average molecular weight is 213 g/mol. The second kappa shape index (κ2) is 4.19. The molecule has 3 N–H and O–H groups in total. The van der Waals surface area contributed by atoms with Crippen molar-refractivity contribution in [3.8, 4) is 0 Å². The molecule has 0 aliphatic heterocycles. The molecule has 0 bridgehead atoms. The van der Waals surface area contributed by atoms with E-state index in [9.17, 15) is 9.59 Å². The number of nitrogens with zero attached hydrogens (tertiary/aromatic N) is 1. The fraction of sp³-hybridized carbons (Fsp3) is 0.375. The quantitative estimate of drug-likeness (QED) is 0.739. The van der Waals surface area contributed by atoms with Crippen LogP contribution >= 0.6 is 11.3 Å². The first kappa shape index (κ1) is 10.6. The molecule has 0 fully saturated rings. The van der Waals surface area contributed by atoms with Crippen molar-refractivity contribution in [1.82, 2.24) is 10.3 Å². The lowest BCUT2D eigenvalue weighted by molar-refractivity contribution is -0.117. The molecule has 6 heteroatoms. The van der Waals surface area contributed by atoms with Crippen molar-refractivity contribution < 1.29 is 9.59 Å². The van der Waals surface area contributed by atoms with Gasteiger partial charge in [-0.3, -0.25) is 9.59 Å². The largest absolute Gasteiger partial charge is 0.368 e. The van der Waals surface area contributed by atoms with Crippen LogP contribution in [0.15, 0.2) is 0 Å². The van der Waals surface area contributed by atoms with Crippen molar-refractivity contribution in [3.05, 3.63) is 15.6 Å². The molecule has 0 spiro atoms. The van der Waals surface area contributed by atoms with Crippen LogP contribution in [0, 0.1) is 13.8 Å². The van der Waals surface area contributed by atoms with E-state index in [0.29, 0.717) is 5.69 Å². The Hall–Kier alpha value is -1.43. The van der Waals surface area contributed by atoms with Crippen LogP contribution in [0.2, 0.25) is 0 Å². The van der Waals surface area contributed by atoms with Crippen molar-refractivity contribution in [3.63, 3.8) is 0 Å². The number of hydrogen-bond donors (Lipinski definition) is 2. The predicted octanol–water partition coefficient (Wildman–Crippen LogP) is -0.0250. The standard InChI is InChI=1S/C8H11N3O2S/c1-4-7(11-5(2)14-4)8(13)10-3-6(9)12/h3H2,1-2H3,(H2,9,12)(H,10,13). The third-order valence-corrected chi connectivity index (χ3v) is 2.43. The Morgan fingerprint density at radius 3 is 2.57 bits per heavy atom. The lowest BCUT2D eigenvalue weighted by Crippen LogP contribution is -2.33. The van der Waals surface area contributed by atoms with Crippen LogP contribution in [0.5, 0.6) is 0 Å². The van der Waals surface area contributed by atoms with Crippen LogP contribution in [0.25, 0.3) is 0 Å². The molecule has 0 aliphatic rings. The summed E-state index contributed by atoms with van der Waals surface area (Å²) in [5.41, 5.74) is 5.26. The van der Waals surface area contributed by atoms with Gasteiger partial charge >= 0.3 is 0 Å². The summed E-state index contributed by atoms with van der Waals surface area (Å²) in [7, 11) is 0. The summed E-state index contributed by atoms with van der Waals surface area (Å²) in [5.74, 6) is -0.923. The molecule has 1 aromatic heterocycles. The Morgan fingerprint density at radius 1 is 1.50 bits per heavy atom. The van der Waals surface area contributed by atoms with Gasteiger partial charge in [-0.05, 0) is 13.8 Å². The maximum absolute atomic E-state index is 11.4. The lowest BCUT2D eigenvalue weighted by Gasteiger charge is -1.99. The summed E-state index contributed by atoms with van der Waals surface area (Å²) < 4.78 is 0. The molecule has 0 saturated carbocycles. The molecule has 1 rings (SSSR count). The highest BCUT2D eigenvalue weighted by Crippen LogP contribution is 2.15. The van der Waals surface area contributed by atoms with Crippen LogP contribution < -0.4 is 11.1 Å². The number of primary amides is 1. The van der Waals surface area contributed by atoms with Crippen molar-refractivity contribution in [2.45, 2.75) is 13.8 Å². The van der Waals surface area contributed by atoms with Gasteiger partial charge in [-0.2, -0.15) is 0 Å². The summed E-state index contributed by atoms with van der Waals surface area (Å²) >= 11 is 1.44. The van der Waals surface area contributed by atoms with Crippen molar-refractivity contribution in [2.75, 3.05) is 6.54 Å². The van der Waals surface area contributed by atoms with Crippen LogP contribution in [0.4, 0.5) is 0 Å². The molecule has 0 saturated heterocycles. The number of carbonyl (C=O) groups is 2. The molecule has 5 nitrogen and oxygen atoms in total. The number of rotatable bonds is 3. The summed E-state index contributed by atoms with van der Waals surface area (Å²) in [6.45, 7) is 3.47. The molecule has 0 aliphatic carbocycles. The number of aryl methyl sites for hydroxylation is 2. The van der Waals surface area contributed by atoms with Crippen molar-refractivity contribution in [1.29, 1.82) is 0 Å². The summed E-state index contributed by atoms with van der Waals surface area (Å²) in [4.78, 5) is 26.7. The van der Waals surface area contributed by atoms with Crippen LogP contribution in [-0.4, -0.2) is 23.3 Å². The van der Waals surface area contributed by atoms with Gasteiger partial charge in [-0.25, -0.2) is 4.98 Å². The van der Waals surface area contributed by atoms with E-state index in [1.807, 2.05) is 13.8 Å². The second-order valence-corrected chi connectivity index (χ2v) is 4.19. The zero-order valence-corrected chi connectivity index (χ0v) is 8.77. The number of thiazole rings is 1. The van der Waals surface area contributed by atoms with Gasteiger partial charge < -0.3 is 11.1 Å². The van der Waals surface area contributed by atoms with E-state index < -0.39 is 5.91 Å². The highest BCUT2D eigenvalue weighted by Gasteiger charge is 2.13. The minimum atomic E-state index is -0.567. The normalized spacial score (nSPS) is 9.86. The maximum Gasteiger partial charge on any atom is 0.271 e. The Balaban J connectivity index is 2.69. The van der Waals surface area contributed by atoms with E-state index in [1.54, 1.807) is 0 Å². The number of aromatic nitrogens is 1. The Bertz CT molecular complexity index is 373.